The molecule has 0 aromatic carbocycles. The first-order valence-electron chi connectivity index (χ1n) is 12.0. The van der Waals surface area contributed by atoms with E-state index in [1.807, 2.05) is 6.08 Å². The number of carbonyl (C=O) groups is 4. The van der Waals surface area contributed by atoms with Gasteiger partial charge < -0.3 is 19.7 Å². The van der Waals surface area contributed by atoms with Crippen LogP contribution in [0, 0.1) is 34.5 Å². The first-order valence-corrected chi connectivity index (χ1v) is 12.0. The Morgan fingerprint density at radius 2 is 2.03 bits per heavy atom. The highest BCUT2D eigenvalue weighted by Gasteiger charge is 2.62. The third kappa shape index (κ3) is 4.14. The van der Waals surface area contributed by atoms with Crippen LogP contribution in [0.2, 0.25) is 0 Å². The summed E-state index contributed by atoms with van der Waals surface area (Å²) >= 11 is 0. The van der Waals surface area contributed by atoms with Crippen LogP contribution in [-0.2, 0) is 23.9 Å². The molecule has 0 spiro atoms. The Balaban J connectivity index is 1.46. The van der Waals surface area contributed by atoms with E-state index in [1.165, 1.54) is 0 Å². The normalized spacial score (nSPS) is 40.2. The number of Topliss-reactive ketones (excluding diaryl/α,β-unsaturated/α-hetero) is 1. The molecule has 8 atom stereocenters. The fourth-order valence-corrected chi connectivity index (χ4v) is 7.55. The van der Waals surface area contributed by atoms with Gasteiger partial charge in [-0.3, -0.25) is 14.4 Å². The number of aliphatic hydroxyl groups is 2. The predicted molar refractivity (Wildman–Crippen MR) is 119 cm³/mol. The molecule has 0 saturated heterocycles. The van der Waals surface area contributed by atoms with Crippen LogP contribution >= 0.6 is 0 Å². The van der Waals surface area contributed by atoms with E-state index in [0.717, 1.165) is 24.8 Å². The Morgan fingerprint density at radius 1 is 1.27 bits per heavy atom. The zero-order valence-electron chi connectivity index (χ0n) is 19.4. The second kappa shape index (κ2) is 8.91. The maximum atomic E-state index is 13.1. The summed E-state index contributed by atoms with van der Waals surface area (Å²) in [6, 6.07) is 0. The SMILES string of the molecule is CC12C=CC(=O)C=C1CCC1C2C(O)CC2(C)C(C(=O)COC(=O)CC(O)CC=O)CCC12. The number of fused-ring (bicyclic) bond motifs is 5. The number of hydrogen-bond donors (Lipinski definition) is 2. The van der Waals surface area contributed by atoms with Gasteiger partial charge in [0.05, 0.1) is 18.6 Å². The lowest BCUT2D eigenvalue weighted by Crippen LogP contribution is -2.56. The van der Waals surface area contributed by atoms with Gasteiger partial charge in [0.1, 0.15) is 12.9 Å². The molecular formula is C26H34O7. The summed E-state index contributed by atoms with van der Waals surface area (Å²) in [6.45, 7) is 3.87. The van der Waals surface area contributed by atoms with Crippen molar-refractivity contribution in [1.29, 1.82) is 0 Å². The van der Waals surface area contributed by atoms with E-state index in [9.17, 15) is 29.4 Å². The second-order valence-corrected chi connectivity index (χ2v) is 10.8. The topological polar surface area (TPSA) is 118 Å². The van der Waals surface area contributed by atoms with Gasteiger partial charge in [0.2, 0.25) is 0 Å². The largest absolute Gasteiger partial charge is 0.458 e. The molecule has 2 N–H and O–H groups in total. The molecule has 0 aromatic rings. The lowest BCUT2D eigenvalue weighted by atomic mass is 9.46. The predicted octanol–water partition coefficient (Wildman–Crippen LogP) is 2.33. The molecule has 7 nitrogen and oxygen atoms in total. The van der Waals surface area contributed by atoms with E-state index in [-0.39, 0.29) is 65.5 Å². The molecule has 33 heavy (non-hydrogen) atoms. The number of carbonyl (C=O) groups excluding carboxylic acids is 4. The van der Waals surface area contributed by atoms with Crippen molar-refractivity contribution in [1.82, 2.24) is 0 Å². The Hall–Kier alpha value is -2.12. The molecule has 4 aliphatic carbocycles. The molecule has 0 aromatic heterocycles. The highest BCUT2D eigenvalue weighted by molar-refractivity contribution is 6.01. The Bertz CT molecular complexity index is 904. The van der Waals surface area contributed by atoms with Gasteiger partial charge in [-0.1, -0.05) is 25.5 Å². The van der Waals surface area contributed by atoms with Crippen LogP contribution in [0.15, 0.2) is 23.8 Å². The minimum Gasteiger partial charge on any atom is -0.458 e. The Kier molecular flexibility index (Phi) is 6.49. The number of allylic oxidation sites excluding steroid dienone is 4. The molecule has 0 aliphatic heterocycles. The van der Waals surface area contributed by atoms with E-state index in [4.69, 9.17) is 4.74 Å². The number of ether oxygens (including phenoxy) is 1. The molecular weight excluding hydrogens is 424 g/mol. The van der Waals surface area contributed by atoms with E-state index in [1.54, 1.807) is 12.2 Å². The van der Waals surface area contributed by atoms with Gasteiger partial charge in [-0.15, -0.1) is 0 Å². The molecule has 3 saturated carbocycles. The lowest BCUT2D eigenvalue weighted by molar-refractivity contribution is -0.155. The molecule has 3 fully saturated rings. The number of rotatable bonds is 7. The number of esters is 1. The summed E-state index contributed by atoms with van der Waals surface area (Å²) in [4.78, 5) is 47.4. The smallest absolute Gasteiger partial charge is 0.308 e. The fourth-order valence-electron chi connectivity index (χ4n) is 7.55. The van der Waals surface area contributed by atoms with Crippen molar-refractivity contribution in [3.8, 4) is 0 Å². The van der Waals surface area contributed by atoms with E-state index in [2.05, 4.69) is 13.8 Å². The maximum absolute atomic E-state index is 13.1. The third-order valence-corrected chi connectivity index (χ3v) is 9.03. The lowest BCUT2D eigenvalue weighted by Gasteiger charge is -2.58. The van der Waals surface area contributed by atoms with E-state index >= 15 is 0 Å². The van der Waals surface area contributed by atoms with Crippen molar-refractivity contribution >= 4 is 23.8 Å². The van der Waals surface area contributed by atoms with Crippen LogP contribution in [0.25, 0.3) is 0 Å². The number of aliphatic hydroxyl groups excluding tert-OH is 2. The average molecular weight is 459 g/mol. The van der Waals surface area contributed by atoms with Crippen molar-refractivity contribution in [2.24, 2.45) is 34.5 Å². The zero-order valence-corrected chi connectivity index (χ0v) is 19.4. The average Bonchev–Trinajstić information content (AvgIpc) is 3.09. The molecule has 8 unspecified atom stereocenters. The van der Waals surface area contributed by atoms with Crippen LogP contribution in [-0.4, -0.2) is 52.8 Å². The molecule has 4 rings (SSSR count). The van der Waals surface area contributed by atoms with Gasteiger partial charge >= 0.3 is 5.97 Å². The minimum atomic E-state index is -1.10. The molecule has 0 heterocycles. The summed E-state index contributed by atoms with van der Waals surface area (Å²) in [5.74, 6) is -0.554. The van der Waals surface area contributed by atoms with Crippen molar-refractivity contribution in [3.05, 3.63) is 23.8 Å². The van der Waals surface area contributed by atoms with E-state index < -0.39 is 18.2 Å². The van der Waals surface area contributed by atoms with Crippen molar-refractivity contribution in [2.75, 3.05) is 6.61 Å². The summed E-state index contributed by atoms with van der Waals surface area (Å²) < 4.78 is 5.11. The van der Waals surface area contributed by atoms with Gasteiger partial charge in [-0.05, 0) is 61.5 Å². The van der Waals surface area contributed by atoms with Crippen LogP contribution < -0.4 is 0 Å². The minimum absolute atomic E-state index is 0.0100. The van der Waals surface area contributed by atoms with Crippen molar-refractivity contribution < 1.29 is 34.1 Å². The number of hydrogen-bond acceptors (Lipinski definition) is 7. The van der Waals surface area contributed by atoms with Gasteiger partial charge in [0, 0.05) is 23.7 Å². The molecule has 180 valence electrons. The molecule has 7 heteroatoms. The van der Waals surface area contributed by atoms with Crippen LogP contribution in [0.5, 0.6) is 0 Å². The summed E-state index contributed by atoms with van der Waals surface area (Å²) in [5, 5.41) is 20.9. The van der Waals surface area contributed by atoms with Gasteiger partial charge in [-0.25, -0.2) is 0 Å². The molecule has 0 amide bonds. The Morgan fingerprint density at radius 3 is 2.76 bits per heavy atom. The highest BCUT2D eigenvalue weighted by Crippen LogP contribution is 2.66. The fraction of sp³-hybridized carbons (Fsp3) is 0.692. The summed E-state index contributed by atoms with van der Waals surface area (Å²) in [7, 11) is 0. The monoisotopic (exact) mass is 458 g/mol. The summed E-state index contributed by atoms with van der Waals surface area (Å²) in [5.41, 5.74) is 0.401. The first kappa shape index (κ1) is 24.0. The number of aldehydes is 1. The maximum Gasteiger partial charge on any atom is 0.308 e. The standard InChI is InChI=1S/C26H34O7/c1-25-9-7-16(28)11-15(25)3-4-18-19-5-6-20(26(19,2)13-21(30)24(18)25)22(31)14-33-23(32)12-17(29)8-10-27/h7,9-11,17-21,24,29-30H,3-6,8,12-14H2,1-2H3. The first-order chi connectivity index (χ1) is 15.6. The van der Waals surface area contributed by atoms with Crippen LogP contribution in [0.4, 0.5) is 0 Å². The van der Waals surface area contributed by atoms with Crippen molar-refractivity contribution in [3.63, 3.8) is 0 Å². The molecule has 0 bridgehead atoms. The van der Waals surface area contributed by atoms with Gasteiger partial charge in [-0.2, -0.15) is 0 Å². The number of ketones is 2. The molecule has 0 radical (unpaired) electrons. The third-order valence-electron chi connectivity index (χ3n) is 9.03. The van der Waals surface area contributed by atoms with Crippen molar-refractivity contribution in [2.45, 2.75) is 71.0 Å². The zero-order chi connectivity index (χ0) is 24.0. The Labute approximate surface area is 194 Å². The second-order valence-electron chi connectivity index (χ2n) is 10.8. The quantitative estimate of drug-likeness (QED) is 0.444. The highest BCUT2D eigenvalue weighted by atomic mass is 16.5. The van der Waals surface area contributed by atoms with Gasteiger partial charge in [0.25, 0.3) is 0 Å². The molecule has 4 aliphatic rings. The van der Waals surface area contributed by atoms with Gasteiger partial charge in [0.15, 0.2) is 11.6 Å². The van der Waals surface area contributed by atoms with Crippen LogP contribution in [0.3, 0.4) is 0 Å². The summed E-state index contributed by atoms with van der Waals surface area (Å²) in [6.07, 6.45) is 7.55. The van der Waals surface area contributed by atoms with E-state index in [0.29, 0.717) is 19.1 Å². The van der Waals surface area contributed by atoms with Crippen LogP contribution in [0.1, 0.15) is 58.8 Å².